The number of carbonyl (C=O) groups is 2. The Kier molecular flexibility index (Phi) is 5.02. The van der Waals surface area contributed by atoms with Gasteiger partial charge in [-0.25, -0.2) is 0 Å². The Bertz CT molecular complexity index is 804. The molecule has 0 aromatic heterocycles. The highest BCUT2D eigenvalue weighted by molar-refractivity contribution is 6.42. The summed E-state index contributed by atoms with van der Waals surface area (Å²) in [5.41, 5.74) is 0.515. The first-order chi connectivity index (χ1) is 11.9. The van der Waals surface area contributed by atoms with Crippen LogP contribution in [0.2, 0.25) is 10.0 Å². The van der Waals surface area contributed by atoms with Crippen LogP contribution in [0.1, 0.15) is 31.4 Å². The van der Waals surface area contributed by atoms with Crippen molar-refractivity contribution < 1.29 is 9.59 Å². The van der Waals surface area contributed by atoms with Crippen LogP contribution in [-0.2, 0) is 9.59 Å². The zero-order valence-electron chi connectivity index (χ0n) is 13.7. The standard InChI is InChI=1S/C19H18Cl2N2O2/c1-12(13-5-3-2-4-6-13)22-17(24)19(9-10-19)18(25)23-14-7-8-15(20)16(21)11-14/h2-8,11-12H,9-10H2,1H3,(H,22,24)(H,23,25). The van der Waals surface area contributed by atoms with Gasteiger partial charge in [-0.15, -0.1) is 0 Å². The fourth-order valence-corrected chi connectivity index (χ4v) is 2.96. The van der Waals surface area contributed by atoms with Crippen LogP contribution in [0, 0.1) is 5.41 Å². The number of rotatable bonds is 5. The maximum absolute atomic E-state index is 12.6. The SMILES string of the molecule is CC(NC(=O)C1(C(=O)Nc2ccc(Cl)c(Cl)c2)CC1)c1ccccc1. The Morgan fingerprint density at radius 3 is 2.28 bits per heavy atom. The summed E-state index contributed by atoms with van der Waals surface area (Å²) < 4.78 is 0. The smallest absolute Gasteiger partial charge is 0.240 e. The quantitative estimate of drug-likeness (QED) is 0.749. The largest absolute Gasteiger partial charge is 0.349 e. The maximum atomic E-state index is 12.6. The lowest BCUT2D eigenvalue weighted by atomic mass is 10.0. The van der Waals surface area contributed by atoms with E-state index in [4.69, 9.17) is 23.2 Å². The molecule has 1 unspecified atom stereocenters. The van der Waals surface area contributed by atoms with Crippen molar-refractivity contribution in [2.24, 2.45) is 5.41 Å². The van der Waals surface area contributed by atoms with E-state index in [1.54, 1.807) is 18.2 Å². The second kappa shape index (κ2) is 7.06. The fourth-order valence-electron chi connectivity index (χ4n) is 2.67. The van der Waals surface area contributed by atoms with Crippen molar-refractivity contribution in [3.05, 3.63) is 64.1 Å². The Morgan fingerprint density at radius 2 is 1.68 bits per heavy atom. The molecule has 1 saturated carbocycles. The van der Waals surface area contributed by atoms with Gasteiger partial charge in [-0.05, 0) is 43.5 Å². The molecule has 1 fully saturated rings. The Balaban J connectivity index is 1.67. The lowest BCUT2D eigenvalue weighted by Gasteiger charge is -2.20. The van der Waals surface area contributed by atoms with Crippen LogP contribution in [-0.4, -0.2) is 11.8 Å². The monoisotopic (exact) mass is 376 g/mol. The predicted molar refractivity (Wildman–Crippen MR) is 99.8 cm³/mol. The number of hydrogen-bond donors (Lipinski definition) is 2. The minimum absolute atomic E-state index is 0.163. The molecular weight excluding hydrogens is 359 g/mol. The number of anilines is 1. The fraction of sp³-hybridized carbons (Fsp3) is 0.263. The molecule has 4 nitrogen and oxygen atoms in total. The van der Waals surface area contributed by atoms with Gasteiger partial charge in [0.05, 0.1) is 16.1 Å². The van der Waals surface area contributed by atoms with E-state index in [9.17, 15) is 9.59 Å². The van der Waals surface area contributed by atoms with Gasteiger partial charge in [-0.2, -0.15) is 0 Å². The molecule has 0 heterocycles. The molecule has 2 N–H and O–H groups in total. The predicted octanol–water partition coefficient (Wildman–Crippen LogP) is 4.59. The second-order valence-electron chi connectivity index (χ2n) is 6.27. The van der Waals surface area contributed by atoms with Gasteiger partial charge in [0.25, 0.3) is 0 Å². The van der Waals surface area contributed by atoms with E-state index >= 15 is 0 Å². The lowest BCUT2D eigenvalue weighted by molar-refractivity contribution is -0.134. The van der Waals surface area contributed by atoms with Gasteiger partial charge in [0, 0.05) is 5.69 Å². The zero-order valence-corrected chi connectivity index (χ0v) is 15.2. The summed E-state index contributed by atoms with van der Waals surface area (Å²) >= 11 is 11.8. The van der Waals surface area contributed by atoms with Crippen LogP contribution >= 0.6 is 23.2 Å². The summed E-state index contributed by atoms with van der Waals surface area (Å²) in [5, 5.41) is 6.47. The molecule has 1 aliphatic rings. The van der Waals surface area contributed by atoms with Crippen molar-refractivity contribution in [3.8, 4) is 0 Å². The Labute approximate surface area is 156 Å². The molecule has 1 atom stereocenters. The normalized spacial score (nSPS) is 16.0. The van der Waals surface area contributed by atoms with Crippen molar-refractivity contribution in [2.45, 2.75) is 25.8 Å². The minimum Gasteiger partial charge on any atom is -0.349 e. The van der Waals surface area contributed by atoms with Crippen LogP contribution in [0.5, 0.6) is 0 Å². The highest BCUT2D eigenvalue weighted by Gasteiger charge is 2.56. The minimum atomic E-state index is -1.00. The van der Waals surface area contributed by atoms with E-state index in [-0.39, 0.29) is 17.9 Å². The topological polar surface area (TPSA) is 58.2 Å². The van der Waals surface area contributed by atoms with E-state index in [1.165, 1.54) is 0 Å². The number of benzene rings is 2. The summed E-state index contributed by atoms with van der Waals surface area (Å²) in [6.45, 7) is 1.90. The third-order valence-corrected chi connectivity index (χ3v) is 5.18. The summed E-state index contributed by atoms with van der Waals surface area (Å²) in [6.07, 6.45) is 1.07. The molecular formula is C19H18Cl2N2O2. The van der Waals surface area contributed by atoms with E-state index in [0.29, 0.717) is 28.6 Å². The van der Waals surface area contributed by atoms with Gasteiger partial charge in [0.1, 0.15) is 5.41 Å². The number of carbonyl (C=O) groups excluding carboxylic acids is 2. The van der Waals surface area contributed by atoms with Crippen molar-refractivity contribution in [2.75, 3.05) is 5.32 Å². The van der Waals surface area contributed by atoms with Gasteiger partial charge in [-0.1, -0.05) is 53.5 Å². The Hall–Kier alpha value is -2.04. The van der Waals surface area contributed by atoms with Gasteiger partial charge in [0.15, 0.2) is 0 Å². The maximum Gasteiger partial charge on any atom is 0.240 e. The van der Waals surface area contributed by atoms with Crippen molar-refractivity contribution in [1.29, 1.82) is 0 Å². The Morgan fingerprint density at radius 1 is 1.00 bits per heavy atom. The second-order valence-corrected chi connectivity index (χ2v) is 7.09. The van der Waals surface area contributed by atoms with E-state index in [0.717, 1.165) is 5.56 Å². The summed E-state index contributed by atoms with van der Waals surface area (Å²) in [6, 6.07) is 14.3. The number of hydrogen-bond acceptors (Lipinski definition) is 2. The average molecular weight is 377 g/mol. The van der Waals surface area contributed by atoms with Crippen LogP contribution in [0.15, 0.2) is 48.5 Å². The van der Waals surface area contributed by atoms with Gasteiger partial charge in [-0.3, -0.25) is 9.59 Å². The molecule has 0 spiro atoms. The molecule has 6 heteroatoms. The van der Waals surface area contributed by atoms with E-state index in [2.05, 4.69) is 10.6 Å². The molecule has 130 valence electrons. The van der Waals surface area contributed by atoms with Crippen molar-refractivity contribution >= 4 is 40.7 Å². The first-order valence-corrected chi connectivity index (χ1v) is 8.80. The van der Waals surface area contributed by atoms with Crippen LogP contribution in [0.3, 0.4) is 0 Å². The lowest BCUT2D eigenvalue weighted by Crippen LogP contribution is -2.41. The molecule has 25 heavy (non-hydrogen) atoms. The molecule has 2 amide bonds. The summed E-state index contributed by atoms with van der Waals surface area (Å²) in [5.74, 6) is -0.565. The third-order valence-electron chi connectivity index (χ3n) is 4.44. The average Bonchev–Trinajstić information content (AvgIpc) is 3.41. The third kappa shape index (κ3) is 3.80. The first-order valence-electron chi connectivity index (χ1n) is 8.05. The zero-order chi connectivity index (χ0) is 18.0. The molecule has 0 radical (unpaired) electrons. The molecule has 0 aliphatic heterocycles. The van der Waals surface area contributed by atoms with Gasteiger partial charge < -0.3 is 10.6 Å². The van der Waals surface area contributed by atoms with Crippen LogP contribution in [0.4, 0.5) is 5.69 Å². The number of halogens is 2. The molecule has 0 bridgehead atoms. The van der Waals surface area contributed by atoms with Gasteiger partial charge in [0.2, 0.25) is 11.8 Å². The highest BCUT2D eigenvalue weighted by Crippen LogP contribution is 2.47. The molecule has 3 rings (SSSR count). The van der Waals surface area contributed by atoms with Crippen LogP contribution < -0.4 is 10.6 Å². The first kappa shape index (κ1) is 17.8. The number of amides is 2. The highest BCUT2D eigenvalue weighted by atomic mass is 35.5. The molecule has 2 aromatic rings. The molecule has 0 saturated heterocycles. The van der Waals surface area contributed by atoms with Crippen molar-refractivity contribution in [3.63, 3.8) is 0 Å². The summed E-state index contributed by atoms with van der Waals surface area (Å²) in [4.78, 5) is 25.2. The summed E-state index contributed by atoms with van der Waals surface area (Å²) in [7, 11) is 0. The van der Waals surface area contributed by atoms with Crippen LogP contribution in [0.25, 0.3) is 0 Å². The van der Waals surface area contributed by atoms with Gasteiger partial charge >= 0.3 is 0 Å². The van der Waals surface area contributed by atoms with E-state index < -0.39 is 5.41 Å². The molecule has 2 aromatic carbocycles. The van der Waals surface area contributed by atoms with E-state index in [1.807, 2.05) is 37.3 Å². The number of nitrogens with one attached hydrogen (secondary N) is 2. The van der Waals surface area contributed by atoms with Crippen molar-refractivity contribution in [1.82, 2.24) is 5.32 Å². The molecule has 1 aliphatic carbocycles.